The molecule has 0 saturated heterocycles. The number of aliphatic carboxylic acids is 1. The summed E-state index contributed by atoms with van der Waals surface area (Å²) in [5.41, 5.74) is 0. The number of quaternary nitrogens is 1. The molecule has 0 aliphatic rings. The van der Waals surface area contributed by atoms with E-state index >= 15 is 0 Å². The Morgan fingerprint density at radius 3 is 1.16 bits per heavy atom. The molecule has 0 spiro atoms. The van der Waals surface area contributed by atoms with Gasteiger partial charge in [-0.15, -0.1) is 0 Å². The normalized spacial score (nSPS) is 13.5. The number of likely N-dealkylation sites (N-methyl/N-ethyl adjacent to an activating group) is 1. The minimum atomic E-state index is -1.63. The molecule has 0 aliphatic heterocycles. The van der Waals surface area contributed by atoms with E-state index in [1.54, 1.807) is 0 Å². The first-order valence-electron chi connectivity index (χ1n) is 27.7. The molecule has 2 unspecified atom stereocenters. The van der Waals surface area contributed by atoms with Gasteiger partial charge in [0.05, 0.1) is 40.3 Å². The quantitative estimate of drug-likeness (QED) is 0.0195. The van der Waals surface area contributed by atoms with Crippen LogP contribution in [-0.4, -0.2) is 82.3 Å². The molecule has 9 nitrogen and oxygen atoms in total. The van der Waals surface area contributed by atoms with Gasteiger partial charge in [0.15, 0.2) is 12.4 Å². The number of unbranched alkanes of at least 4 members (excludes halogenated alkanes) is 21. The van der Waals surface area contributed by atoms with Crippen molar-refractivity contribution in [3.63, 3.8) is 0 Å². The van der Waals surface area contributed by atoms with Crippen molar-refractivity contribution in [2.45, 2.75) is 232 Å². The highest BCUT2D eigenvalue weighted by molar-refractivity contribution is 5.70. The fourth-order valence-electron chi connectivity index (χ4n) is 7.42. The average molecular weight is 966 g/mol. The topological polar surface area (TPSA) is 111 Å². The maximum atomic E-state index is 12.8. The Morgan fingerprint density at radius 2 is 0.783 bits per heavy atom. The second kappa shape index (κ2) is 50.8. The Labute approximate surface area is 423 Å². The standard InChI is InChI=1S/C60H103NO8/c1-6-8-10-12-14-16-18-20-22-23-24-25-26-27-28-29-30-31-32-33-34-35-37-39-41-43-45-47-49-51-58(63)69-56(55-68-60(59(64)65)66-53-52-61(3,4)5)54-67-57(62)50-48-46-44-42-40-38-36-21-19-17-15-13-11-9-7-2/h8-11,14-17,20-22,24-25,36,56,60H,6-7,12-13,18-19,23,26-35,37-55H2,1-5H3/b10-8-,11-9-,16-14-,17-15-,22-20-,25-24-,36-21-. The molecule has 0 saturated carbocycles. The highest BCUT2D eigenvalue weighted by Crippen LogP contribution is 2.16. The van der Waals surface area contributed by atoms with Crippen LogP contribution in [0.2, 0.25) is 0 Å². The van der Waals surface area contributed by atoms with Gasteiger partial charge < -0.3 is 33.3 Å². The largest absolute Gasteiger partial charge is 0.545 e. The minimum absolute atomic E-state index is 0.142. The first-order chi connectivity index (χ1) is 33.6. The van der Waals surface area contributed by atoms with Crippen LogP contribution in [-0.2, 0) is 33.3 Å². The lowest BCUT2D eigenvalue weighted by Crippen LogP contribution is -2.44. The summed E-state index contributed by atoms with van der Waals surface area (Å²) in [7, 11) is 5.91. The zero-order valence-corrected chi connectivity index (χ0v) is 44.9. The molecule has 0 rings (SSSR count). The first kappa shape index (κ1) is 65.5. The van der Waals surface area contributed by atoms with E-state index in [0.29, 0.717) is 17.4 Å². The van der Waals surface area contributed by atoms with Crippen LogP contribution in [0.5, 0.6) is 0 Å². The number of esters is 2. The van der Waals surface area contributed by atoms with E-state index in [4.69, 9.17) is 18.9 Å². The molecule has 0 aliphatic carbocycles. The molecule has 396 valence electrons. The van der Waals surface area contributed by atoms with E-state index in [-0.39, 0.29) is 38.6 Å². The molecule has 69 heavy (non-hydrogen) atoms. The Morgan fingerprint density at radius 1 is 0.435 bits per heavy atom. The van der Waals surface area contributed by atoms with Crippen LogP contribution in [0.4, 0.5) is 0 Å². The predicted octanol–water partition coefficient (Wildman–Crippen LogP) is 14.7. The van der Waals surface area contributed by atoms with Crippen LogP contribution in [0.15, 0.2) is 85.1 Å². The van der Waals surface area contributed by atoms with Crippen LogP contribution in [0.1, 0.15) is 219 Å². The van der Waals surface area contributed by atoms with Crippen molar-refractivity contribution in [2.75, 3.05) is 47.5 Å². The number of hydrogen-bond acceptors (Lipinski definition) is 8. The molecular weight excluding hydrogens is 863 g/mol. The molecule has 0 aromatic rings. The van der Waals surface area contributed by atoms with E-state index in [1.165, 1.54) is 83.5 Å². The maximum Gasteiger partial charge on any atom is 0.306 e. The number of ether oxygens (including phenoxy) is 4. The first-order valence-corrected chi connectivity index (χ1v) is 27.7. The van der Waals surface area contributed by atoms with Crippen molar-refractivity contribution >= 4 is 17.9 Å². The zero-order valence-electron chi connectivity index (χ0n) is 44.9. The minimum Gasteiger partial charge on any atom is -0.545 e. The van der Waals surface area contributed by atoms with Gasteiger partial charge in [-0.2, -0.15) is 0 Å². The molecular formula is C60H103NO8. The molecule has 0 N–H and O–H groups in total. The van der Waals surface area contributed by atoms with Crippen molar-refractivity contribution in [3.8, 4) is 0 Å². The SMILES string of the molecule is CC/C=C\C/C=C\C/C=C\C/C=C\CCCCCCCCCCCCCCCCCCC(=O)OC(COC(=O)CCCCCCC/C=C\C/C=C\C/C=C\CC)COC(OCC[N+](C)(C)C)C(=O)[O-]. The van der Waals surface area contributed by atoms with Crippen molar-refractivity contribution in [1.82, 2.24) is 0 Å². The van der Waals surface area contributed by atoms with Crippen LogP contribution in [0.3, 0.4) is 0 Å². The number of carboxylic acid groups (broad SMARTS) is 1. The summed E-state index contributed by atoms with van der Waals surface area (Å²) >= 11 is 0. The van der Waals surface area contributed by atoms with E-state index in [0.717, 1.165) is 103 Å². The number of carbonyl (C=O) groups is 3. The number of nitrogens with zero attached hydrogens (tertiary/aromatic N) is 1. The lowest BCUT2D eigenvalue weighted by molar-refractivity contribution is -0.870. The maximum absolute atomic E-state index is 12.8. The molecule has 0 amide bonds. The third-order valence-corrected chi connectivity index (χ3v) is 11.6. The molecule has 0 bridgehead atoms. The van der Waals surface area contributed by atoms with E-state index < -0.39 is 24.3 Å². The van der Waals surface area contributed by atoms with Gasteiger partial charge in [0.25, 0.3) is 0 Å². The fourth-order valence-corrected chi connectivity index (χ4v) is 7.42. The number of allylic oxidation sites excluding steroid dienone is 14. The number of carbonyl (C=O) groups excluding carboxylic acids is 3. The highest BCUT2D eigenvalue weighted by Gasteiger charge is 2.22. The number of carboxylic acids is 1. The molecule has 0 fully saturated rings. The molecule has 0 aromatic heterocycles. The summed E-state index contributed by atoms with van der Waals surface area (Å²) in [6, 6.07) is 0. The van der Waals surface area contributed by atoms with Crippen LogP contribution < -0.4 is 5.11 Å². The van der Waals surface area contributed by atoms with E-state index in [1.807, 2.05) is 21.1 Å². The van der Waals surface area contributed by atoms with Crippen LogP contribution in [0.25, 0.3) is 0 Å². The van der Waals surface area contributed by atoms with Gasteiger partial charge in [-0.25, -0.2) is 0 Å². The Kier molecular flexibility index (Phi) is 48.2. The van der Waals surface area contributed by atoms with Crippen LogP contribution >= 0.6 is 0 Å². The fraction of sp³-hybridized carbons (Fsp3) is 0.717. The van der Waals surface area contributed by atoms with Gasteiger partial charge in [0, 0.05) is 12.8 Å². The third kappa shape index (κ3) is 52.1. The summed E-state index contributed by atoms with van der Waals surface area (Å²) in [6.45, 7) is 4.50. The van der Waals surface area contributed by atoms with Gasteiger partial charge in [-0.3, -0.25) is 9.59 Å². The van der Waals surface area contributed by atoms with E-state index in [2.05, 4.69) is 98.9 Å². The lowest BCUT2D eigenvalue weighted by Gasteiger charge is -2.26. The second-order valence-corrected chi connectivity index (χ2v) is 19.5. The Balaban J connectivity index is 4.20. The molecule has 0 heterocycles. The molecule has 9 heteroatoms. The second-order valence-electron chi connectivity index (χ2n) is 19.5. The Bertz CT molecular complexity index is 1400. The van der Waals surface area contributed by atoms with Gasteiger partial charge >= 0.3 is 11.9 Å². The summed E-state index contributed by atoms with van der Waals surface area (Å²) in [6.07, 6.45) is 63.5. The van der Waals surface area contributed by atoms with Gasteiger partial charge in [0.1, 0.15) is 13.2 Å². The Hall–Kier alpha value is -3.53. The smallest absolute Gasteiger partial charge is 0.306 e. The van der Waals surface area contributed by atoms with Crippen molar-refractivity contribution in [3.05, 3.63) is 85.1 Å². The lowest BCUT2D eigenvalue weighted by atomic mass is 10.0. The average Bonchev–Trinajstić information content (AvgIpc) is 3.31. The molecule has 0 radical (unpaired) electrons. The summed E-state index contributed by atoms with van der Waals surface area (Å²) in [5.74, 6) is -2.31. The highest BCUT2D eigenvalue weighted by atomic mass is 16.7. The summed E-state index contributed by atoms with van der Waals surface area (Å²) in [5, 5.41) is 11.8. The van der Waals surface area contributed by atoms with Crippen molar-refractivity contribution in [1.29, 1.82) is 0 Å². The van der Waals surface area contributed by atoms with Crippen molar-refractivity contribution in [2.24, 2.45) is 0 Å². The van der Waals surface area contributed by atoms with Crippen LogP contribution in [0, 0.1) is 0 Å². The number of hydrogen-bond donors (Lipinski definition) is 0. The zero-order chi connectivity index (χ0) is 50.6. The summed E-state index contributed by atoms with van der Waals surface area (Å²) < 4.78 is 22.6. The monoisotopic (exact) mass is 966 g/mol. The molecule has 2 atom stereocenters. The predicted molar refractivity (Wildman–Crippen MR) is 288 cm³/mol. The van der Waals surface area contributed by atoms with Crippen molar-refractivity contribution < 1.29 is 42.9 Å². The van der Waals surface area contributed by atoms with Gasteiger partial charge in [0.2, 0.25) is 0 Å². The summed E-state index contributed by atoms with van der Waals surface area (Å²) in [4.78, 5) is 37.2. The van der Waals surface area contributed by atoms with Gasteiger partial charge in [-0.05, 0) is 83.5 Å². The molecule has 0 aromatic carbocycles. The van der Waals surface area contributed by atoms with E-state index in [9.17, 15) is 19.5 Å². The van der Waals surface area contributed by atoms with Gasteiger partial charge in [-0.1, -0.05) is 208 Å². The number of rotatable bonds is 50. The third-order valence-electron chi connectivity index (χ3n) is 11.6.